The SMILES string of the molecule is C=C[Si]1(C)OC(C)(C)C[Si](C)(C)[Si]1(C)C. The number of rotatable bonds is 1. The van der Waals surface area contributed by atoms with Gasteiger partial charge in [-0.1, -0.05) is 31.9 Å². The van der Waals surface area contributed by atoms with Gasteiger partial charge >= 0.3 is 0 Å². The van der Waals surface area contributed by atoms with E-state index in [0.29, 0.717) is 0 Å². The van der Waals surface area contributed by atoms with Crippen molar-refractivity contribution in [2.24, 2.45) is 0 Å². The first-order valence-electron chi connectivity index (χ1n) is 5.81. The quantitative estimate of drug-likeness (QED) is 0.652. The molecule has 1 fully saturated rings. The van der Waals surface area contributed by atoms with Gasteiger partial charge in [-0.2, -0.15) is 0 Å². The maximum Gasteiger partial charge on any atom is 0.197 e. The van der Waals surface area contributed by atoms with Crippen molar-refractivity contribution in [2.45, 2.75) is 58.2 Å². The first-order chi connectivity index (χ1) is 6.47. The Kier molecular flexibility index (Phi) is 3.06. The monoisotopic (exact) mass is 258 g/mol. The van der Waals surface area contributed by atoms with Crippen LogP contribution in [0.2, 0.25) is 38.8 Å². The van der Waals surface area contributed by atoms with Gasteiger partial charge in [-0.25, -0.2) is 0 Å². The molecular weight excluding hydrogens is 232 g/mol. The lowest BCUT2D eigenvalue weighted by Gasteiger charge is -2.57. The minimum Gasteiger partial charge on any atom is -0.412 e. The van der Waals surface area contributed by atoms with E-state index in [1.165, 1.54) is 6.04 Å². The van der Waals surface area contributed by atoms with Gasteiger partial charge in [-0.05, 0) is 26.4 Å². The summed E-state index contributed by atoms with van der Waals surface area (Å²) < 4.78 is 6.48. The van der Waals surface area contributed by atoms with Crippen LogP contribution in [0.4, 0.5) is 0 Å². The molecule has 1 nitrogen and oxygen atoms in total. The largest absolute Gasteiger partial charge is 0.412 e. The molecule has 0 N–H and O–H groups in total. The van der Waals surface area contributed by atoms with Crippen molar-refractivity contribution in [1.82, 2.24) is 0 Å². The third-order valence-corrected chi connectivity index (χ3v) is 43.6. The zero-order valence-electron chi connectivity index (χ0n) is 11.4. The Bertz CT molecular complexity index is 284. The molecule has 1 heterocycles. The lowest BCUT2D eigenvalue weighted by atomic mass is 10.2. The molecule has 1 atom stereocenters. The summed E-state index contributed by atoms with van der Waals surface area (Å²) >= 11 is 0. The molecule has 0 spiro atoms. The van der Waals surface area contributed by atoms with E-state index >= 15 is 0 Å². The molecule has 0 aliphatic carbocycles. The highest BCUT2D eigenvalue weighted by molar-refractivity contribution is 7.68. The molecule has 1 aliphatic heterocycles. The number of hydrogen-bond acceptors (Lipinski definition) is 1. The van der Waals surface area contributed by atoms with Crippen LogP contribution in [0.1, 0.15) is 13.8 Å². The summed E-state index contributed by atoms with van der Waals surface area (Å²) in [6, 6.07) is 1.32. The predicted octanol–water partition coefficient (Wildman–Crippen LogP) is 3.67. The summed E-state index contributed by atoms with van der Waals surface area (Å²) in [5, 5.41) is 0. The van der Waals surface area contributed by atoms with E-state index in [1.54, 1.807) is 0 Å². The smallest absolute Gasteiger partial charge is 0.197 e. The van der Waals surface area contributed by atoms with Crippen molar-refractivity contribution in [2.75, 3.05) is 0 Å². The molecule has 0 bridgehead atoms. The van der Waals surface area contributed by atoms with Crippen LogP contribution in [0, 0.1) is 0 Å². The third kappa shape index (κ3) is 1.97. The molecule has 1 rings (SSSR count). The van der Waals surface area contributed by atoms with Crippen LogP contribution >= 0.6 is 0 Å². The zero-order valence-corrected chi connectivity index (χ0v) is 14.4. The van der Waals surface area contributed by atoms with Gasteiger partial charge < -0.3 is 4.43 Å². The highest BCUT2D eigenvalue weighted by Crippen LogP contribution is 2.43. The molecule has 0 aromatic carbocycles. The average Bonchev–Trinajstić information content (AvgIpc) is 1.98. The first kappa shape index (κ1) is 13.4. The molecule has 15 heavy (non-hydrogen) atoms. The summed E-state index contributed by atoms with van der Waals surface area (Å²) in [5.41, 5.74) is 2.29. The molecule has 1 aliphatic rings. The van der Waals surface area contributed by atoms with Gasteiger partial charge in [-0.3, -0.25) is 0 Å². The van der Waals surface area contributed by atoms with Gasteiger partial charge in [0.15, 0.2) is 7.83 Å². The molecular formula is C11H26OSi3. The van der Waals surface area contributed by atoms with Gasteiger partial charge in [0.1, 0.15) is 0 Å². The van der Waals surface area contributed by atoms with E-state index < -0.39 is 22.5 Å². The summed E-state index contributed by atoms with van der Waals surface area (Å²) in [4.78, 5) is 0. The normalized spacial score (nSPS) is 37.3. The minimum absolute atomic E-state index is 0.0907. The average molecular weight is 259 g/mol. The van der Waals surface area contributed by atoms with Crippen molar-refractivity contribution in [3.05, 3.63) is 12.3 Å². The van der Waals surface area contributed by atoms with Crippen LogP contribution in [0.5, 0.6) is 0 Å². The Morgan fingerprint density at radius 2 is 1.60 bits per heavy atom. The van der Waals surface area contributed by atoms with Gasteiger partial charge in [0.05, 0.1) is 7.11 Å². The van der Waals surface area contributed by atoms with E-state index in [0.717, 1.165) is 0 Å². The maximum atomic E-state index is 6.48. The standard InChI is InChI=1S/C11H26OSi3/c1-9-15(8)12-11(2,3)10-13(4,5)14(15,6)7/h9H,1,10H2,2-8H3. The minimum atomic E-state index is -1.64. The Labute approximate surface area is 97.7 Å². The molecule has 0 saturated carbocycles. The Morgan fingerprint density at radius 3 is 2.00 bits per heavy atom. The molecule has 0 radical (unpaired) electrons. The fourth-order valence-corrected chi connectivity index (χ4v) is 33.2. The molecule has 0 aromatic heterocycles. The van der Waals surface area contributed by atoms with Crippen molar-refractivity contribution in [1.29, 1.82) is 0 Å². The molecule has 4 heteroatoms. The van der Waals surface area contributed by atoms with Crippen molar-refractivity contribution in [3.8, 4) is 0 Å². The van der Waals surface area contributed by atoms with Gasteiger partial charge in [0.25, 0.3) is 0 Å². The molecule has 0 amide bonds. The Balaban J connectivity index is 3.24. The van der Waals surface area contributed by atoms with Gasteiger partial charge in [0.2, 0.25) is 0 Å². The second kappa shape index (κ2) is 3.42. The fourth-order valence-electron chi connectivity index (χ4n) is 2.99. The topological polar surface area (TPSA) is 9.23 Å². The van der Waals surface area contributed by atoms with E-state index in [9.17, 15) is 0 Å². The van der Waals surface area contributed by atoms with Crippen LogP contribution < -0.4 is 0 Å². The number of hydrogen-bond donors (Lipinski definition) is 0. The summed E-state index contributed by atoms with van der Waals surface area (Å²) in [5.74, 6) is 0. The van der Waals surface area contributed by atoms with Crippen LogP contribution in [-0.2, 0) is 4.43 Å². The highest BCUT2D eigenvalue weighted by atomic mass is 29.6. The first-order valence-corrected chi connectivity index (χ1v) is 16.5. The highest BCUT2D eigenvalue weighted by Gasteiger charge is 2.61. The van der Waals surface area contributed by atoms with E-state index in [2.05, 4.69) is 58.9 Å². The van der Waals surface area contributed by atoms with Crippen LogP contribution in [0.25, 0.3) is 0 Å². The van der Waals surface area contributed by atoms with Crippen LogP contribution in [-0.4, -0.2) is 28.1 Å². The molecule has 1 unspecified atom stereocenters. The second-order valence-corrected chi connectivity index (χ2v) is 33.1. The third-order valence-electron chi connectivity index (χ3n) is 4.68. The van der Waals surface area contributed by atoms with Crippen molar-refractivity contribution >= 4 is 22.5 Å². The summed E-state index contributed by atoms with van der Waals surface area (Å²) in [6.45, 7) is 21.2. The van der Waals surface area contributed by atoms with Gasteiger partial charge in [-0.15, -0.1) is 6.58 Å². The van der Waals surface area contributed by atoms with Gasteiger partial charge in [0, 0.05) is 13.2 Å². The molecule has 88 valence electrons. The maximum absolute atomic E-state index is 6.48. The van der Waals surface area contributed by atoms with E-state index in [-0.39, 0.29) is 5.60 Å². The predicted molar refractivity (Wildman–Crippen MR) is 76.8 cm³/mol. The summed E-state index contributed by atoms with van der Waals surface area (Å²) in [6.07, 6.45) is 0. The summed E-state index contributed by atoms with van der Waals surface area (Å²) in [7, 11) is -3.97. The van der Waals surface area contributed by atoms with E-state index in [4.69, 9.17) is 4.43 Å². The molecule has 0 aromatic rings. The molecule has 1 saturated heterocycles. The zero-order chi connectivity index (χ0) is 12.1. The van der Waals surface area contributed by atoms with Crippen LogP contribution in [0.15, 0.2) is 12.3 Å². The van der Waals surface area contributed by atoms with Crippen molar-refractivity contribution in [3.63, 3.8) is 0 Å². The Hall–Kier alpha value is 0.351. The lowest BCUT2D eigenvalue weighted by molar-refractivity contribution is 0.124. The Morgan fingerprint density at radius 1 is 1.13 bits per heavy atom. The van der Waals surface area contributed by atoms with E-state index in [1.807, 2.05) is 0 Å². The fraction of sp³-hybridized carbons (Fsp3) is 0.818. The lowest BCUT2D eigenvalue weighted by Crippen LogP contribution is -2.78. The second-order valence-electron chi connectivity index (χ2n) is 6.86. The van der Waals surface area contributed by atoms with Crippen molar-refractivity contribution < 1.29 is 4.43 Å². The van der Waals surface area contributed by atoms with Crippen LogP contribution in [0.3, 0.4) is 0 Å².